The first-order chi connectivity index (χ1) is 8.35. The molecular formula is C15H15NO. The lowest BCUT2D eigenvalue weighted by atomic mass is 9.90. The Morgan fingerprint density at radius 2 is 2.00 bits per heavy atom. The van der Waals surface area contributed by atoms with Gasteiger partial charge < -0.3 is 5.32 Å². The predicted octanol–water partition coefficient (Wildman–Crippen LogP) is 2.70. The summed E-state index contributed by atoms with van der Waals surface area (Å²) in [6, 6.07) is 10.0. The van der Waals surface area contributed by atoms with E-state index in [0.717, 1.165) is 18.4 Å². The average molecular weight is 225 g/mol. The van der Waals surface area contributed by atoms with Crippen molar-refractivity contribution in [2.75, 3.05) is 0 Å². The molecule has 0 spiro atoms. The topological polar surface area (TPSA) is 29.1 Å². The van der Waals surface area contributed by atoms with E-state index < -0.39 is 0 Å². The van der Waals surface area contributed by atoms with Crippen molar-refractivity contribution in [2.45, 2.75) is 12.0 Å². The molecule has 2 heteroatoms. The molecule has 1 unspecified atom stereocenters. The van der Waals surface area contributed by atoms with Crippen LogP contribution in [0, 0.1) is 0 Å². The van der Waals surface area contributed by atoms with Gasteiger partial charge in [-0.1, -0.05) is 66.8 Å². The first-order valence-corrected chi connectivity index (χ1v) is 5.65. The summed E-state index contributed by atoms with van der Waals surface area (Å²) in [5.74, 6) is 0. The number of hydrogen-bond acceptors (Lipinski definition) is 1. The van der Waals surface area contributed by atoms with Crippen molar-refractivity contribution in [3.8, 4) is 0 Å². The summed E-state index contributed by atoms with van der Waals surface area (Å²) >= 11 is 0. The van der Waals surface area contributed by atoms with Crippen molar-refractivity contribution in [2.24, 2.45) is 0 Å². The molecule has 0 fully saturated rings. The Hall–Kier alpha value is -2.09. The van der Waals surface area contributed by atoms with Gasteiger partial charge in [-0.2, -0.15) is 0 Å². The van der Waals surface area contributed by atoms with Gasteiger partial charge in [-0.25, -0.2) is 0 Å². The second kappa shape index (κ2) is 5.30. The molecule has 0 aliphatic heterocycles. The van der Waals surface area contributed by atoms with Crippen LogP contribution in [0.1, 0.15) is 12.0 Å². The minimum Gasteiger partial charge on any atom is -0.346 e. The molecule has 2 rings (SSSR count). The van der Waals surface area contributed by atoms with Gasteiger partial charge in [0, 0.05) is 0 Å². The van der Waals surface area contributed by atoms with E-state index in [4.69, 9.17) is 0 Å². The Balaban J connectivity index is 2.19. The van der Waals surface area contributed by atoms with E-state index in [1.165, 1.54) is 0 Å². The molecule has 17 heavy (non-hydrogen) atoms. The normalized spacial score (nSPS) is 22.8. The highest BCUT2D eigenvalue weighted by atomic mass is 16.1. The lowest BCUT2D eigenvalue weighted by Gasteiger charge is -2.27. The molecule has 1 aliphatic carbocycles. The number of carbonyl (C=O) groups excluding carboxylic acids is 1. The van der Waals surface area contributed by atoms with Crippen LogP contribution < -0.4 is 5.32 Å². The number of allylic oxidation sites excluding steroid dienone is 2. The molecule has 0 radical (unpaired) electrons. The molecule has 86 valence electrons. The van der Waals surface area contributed by atoms with Crippen LogP contribution in [0.3, 0.4) is 0 Å². The van der Waals surface area contributed by atoms with E-state index >= 15 is 0 Å². The molecule has 2 nitrogen and oxygen atoms in total. The first kappa shape index (κ1) is 11.4. The molecule has 0 saturated heterocycles. The zero-order valence-corrected chi connectivity index (χ0v) is 9.54. The minimum absolute atomic E-state index is 0.383. The van der Waals surface area contributed by atoms with Crippen LogP contribution in [0.4, 0.5) is 0 Å². The molecule has 0 bridgehead atoms. The quantitative estimate of drug-likeness (QED) is 0.784. The molecule has 1 amide bonds. The number of carbonyl (C=O) groups is 1. The lowest BCUT2D eigenvalue weighted by molar-refractivity contribution is -0.110. The molecule has 1 N–H and O–H groups in total. The molecule has 1 atom stereocenters. The van der Waals surface area contributed by atoms with Gasteiger partial charge in [0.25, 0.3) is 0 Å². The molecule has 0 saturated carbocycles. The fourth-order valence-electron chi connectivity index (χ4n) is 1.83. The number of benzene rings is 1. The lowest BCUT2D eigenvalue weighted by Crippen LogP contribution is -2.40. The molecule has 0 heterocycles. The van der Waals surface area contributed by atoms with Crippen molar-refractivity contribution < 1.29 is 4.79 Å². The van der Waals surface area contributed by atoms with E-state index in [2.05, 4.69) is 5.32 Å². The maximum Gasteiger partial charge on any atom is 0.208 e. The highest BCUT2D eigenvalue weighted by Gasteiger charge is 2.22. The molecule has 0 aromatic heterocycles. The van der Waals surface area contributed by atoms with Crippen molar-refractivity contribution in [1.82, 2.24) is 5.32 Å². The zero-order chi connectivity index (χ0) is 12.0. The molecular weight excluding hydrogens is 210 g/mol. The summed E-state index contributed by atoms with van der Waals surface area (Å²) in [6.07, 6.45) is 13.6. The zero-order valence-electron chi connectivity index (χ0n) is 9.54. The highest BCUT2D eigenvalue weighted by Crippen LogP contribution is 2.20. The van der Waals surface area contributed by atoms with E-state index in [-0.39, 0.29) is 5.54 Å². The first-order valence-electron chi connectivity index (χ1n) is 5.65. The Kier molecular flexibility index (Phi) is 3.55. The Bertz CT molecular complexity index is 455. The third kappa shape index (κ3) is 2.94. The van der Waals surface area contributed by atoms with Gasteiger partial charge in [0.1, 0.15) is 0 Å². The molecule has 1 aromatic rings. The summed E-state index contributed by atoms with van der Waals surface area (Å²) in [7, 11) is 0. The summed E-state index contributed by atoms with van der Waals surface area (Å²) in [5.41, 5.74) is 0.745. The average Bonchev–Trinajstić information content (AvgIpc) is 2.39. The van der Waals surface area contributed by atoms with Gasteiger partial charge in [0.15, 0.2) is 0 Å². The fraction of sp³-hybridized carbons (Fsp3) is 0.133. The van der Waals surface area contributed by atoms with Crippen molar-refractivity contribution in [3.63, 3.8) is 0 Å². The van der Waals surface area contributed by atoms with Crippen LogP contribution in [-0.4, -0.2) is 11.9 Å². The van der Waals surface area contributed by atoms with Crippen LogP contribution >= 0.6 is 0 Å². The van der Waals surface area contributed by atoms with E-state index in [1.54, 1.807) is 0 Å². The number of hydrogen-bond donors (Lipinski definition) is 1. The second-order valence-corrected chi connectivity index (χ2v) is 4.04. The number of rotatable bonds is 4. The van der Waals surface area contributed by atoms with Crippen LogP contribution in [0.5, 0.6) is 0 Å². The molecule has 1 aromatic carbocycles. The maximum atomic E-state index is 10.7. The van der Waals surface area contributed by atoms with E-state index in [1.807, 2.05) is 66.8 Å². The smallest absolute Gasteiger partial charge is 0.208 e. The second-order valence-electron chi connectivity index (χ2n) is 4.04. The van der Waals surface area contributed by atoms with Crippen molar-refractivity contribution >= 4 is 12.5 Å². The maximum absolute atomic E-state index is 10.7. The Labute approximate surface area is 101 Å². The third-order valence-electron chi connectivity index (χ3n) is 2.80. The summed E-state index contributed by atoms with van der Waals surface area (Å²) in [4.78, 5) is 10.7. The monoisotopic (exact) mass is 225 g/mol. The van der Waals surface area contributed by atoms with Crippen LogP contribution in [0.15, 0.2) is 60.7 Å². The highest BCUT2D eigenvalue weighted by molar-refractivity contribution is 5.57. The Morgan fingerprint density at radius 1 is 1.18 bits per heavy atom. The SMILES string of the molecule is O=CNC1(C=Cc2ccccc2)C=CC=CC1. The van der Waals surface area contributed by atoms with Gasteiger partial charge in [0.2, 0.25) is 6.41 Å². The largest absolute Gasteiger partial charge is 0.346 e. The van der Waals surface area contributed by atoms with Gasteiger partial charge in [0.05, 0.1) is 5.54 Å². The fourth-order valence-corrected chi connectivity index (χ4v) is 1.83. The van der Waals surface area contributed by atoms with Gasteiger partial charge in [-0.3, -0.25) is 4.79 Å². The third-order valence-corrected chi connectivity index (χ3v) is 2.80. The van der Waals surface area contributed by atoms with Crippen LogP contribution in [0.2, 0.25) is 0 Å². The number of nitrogens with one attached hydrogen (secondary N) is 1. The number of amides is 1. The van der Waals surface area contributed by atoms with Crippen molar-refractivity contribution in [3.05, 3.63) is 66.3 Å². The van der Waals surface area contributed by atoms with Gasteiger partial charge in [-0.05, 0) is 12.0 Å². The van der Waals surface area contributed by atoms with Crippen LogP contribution in [0.25, 0.3) is 6.08 Å². The van der Waals surface area contributed by atoms with E-state index in [0.29, 0.717) is 0 Å². The van der Waals surface area contributed by atoms with Crippen molar-refractivity contribution in [1.29, 1.82) is 0 Å². The summed E-state index contributed by atoms with van der Waals surface area (Å²) in [5, 5.41) is 2.86. The standard InChI is InChI=1S/C15H15NO/c17-13-16-15(10-5-2-6-11-15)12-9-14-7-3-1-4-8-14/h1-10,12-13H,11H2,(H,16,17). The van der Waals surface area contributed by atoms with E-state index in [9.17, 15) is 4.79 Å². The van der Waals surface area contributed by atoms with Gasteiger partial charge >= 0.3 is 0 Å². The minimum atomic E-state index is -0.383. The van der Waals surface area contributed by atoms with Crippen LogP contribution in [-0.2, 0) is 4.79 Å². The molecule has 1 aliphatic rings. The Morgan fingerprint density at radius 3 is 2.65 bits per heavy atom. The predicted molar refractivity (Wildman–Crippen MR) is 70.3 cm³/mol. The summed E-state index contributed by atoms with van der Waals surface area (Å²) in [6.45, 7) is 0. The van der Waals surface area contributed by atoms with Gasteiger partial charge in [-0.15, -0.1) is 0 Å². The summed E-state index contributed by atoms with van der Waals surface area (Å²) < 4.78 is 0.